The number of amides is 1. The van der Waals surface area contributed by atoms with Crippen molar-refractivity contribution in [1.82, 2.24) is 9.55 Å². The number of nitrogens with zero attached hydrogens (tertiary/aromatic N) is 2. The number of carbonyl (C=O) groups is 1. The molecule has 0 aliphatic heterocycles. The van der Waals surface area contributed by atoms with Crippen LogP contribution < -0.4 is 5.32 Å². The number of anilines is 1. The molecule has 0 aliphatic rings. The van der Waals surface area contributed by atoms with E-state index in [1.54, 1.807) is 12.5 Å². The highest BCUT2D eigenvalue weighted by Gasteiger charge is 2.07. The summed E-state index contributed by atoms with van der Waals surface area (Å²) in [6.07, 6.45) is 8.58. The second kappa shape index (κ2) is 8.53. The van der Waals surface area contributed by atoms with Crippen molar-refractivity contribution < 1.29 is 4.79 Å². The van der Waals surface area contributed by atoms with Gasteiger partial charge in [-0.05, 0) is 53.8 Å². The summed E-state index contributed by atoms with van der Waals surface area (Å²) in [6, 6.07) is 15.7. The fourth-order valence-electron chi connectivity index (χ4n) is 2.58. The Labute approximate surface area is 152 Å². The molecule has 128 valence electrons. The van der Waals surface area contributed by atoms with Crippen LogP contribution in [0.2, 0.25) is 0 Å². The summed E-state index contributed by atoms with van der Waals surface area (Å²) in [5.74, 6) is 1.01. The smallest absolute Gasteiger partial charge is 0.255 e. The zero-order valence-corrected chi connectivity index (χ0v) is 15.0. The second-order valence-corrected chi connectivity index (χ2v) is 6.81. The van der Waals surface area contributed by atoms with Gasteiger partial charge in [-0.2, -0.15) is 11.8 Å². The van der Waals surface area contributed by atoms with Crippen molar-refractivity contribution in [2.45, 2.75) is 13.0 Å². The van der Waals surface area contributed by atoms with E-state index in [0.717, 1.165) is 23.4 Å². The SMILES string of the molecule is CSCCc1ccc(NC(=O)c2cccc(Cn3ccnc3)c2)cc1. The van der Waals surface area contributed by atoms with Gasteiger partial charge in [0.15, 0.2) is 0 Å². The molecule has 0 radical (unpaired) electrons. The number of aryl methyl sites for hydroxylation is 1. The molecule has 4 nitrogen and oxygen atoms in total. The lowest BCUT2D eigenvalue weighted by Crippen LogP contribution is -2.12. The van der Waals surface area contributed by atoms with Gasteiger partial charge < -0.3 is 9.88 Å². The van der Waals surface area contributed by atoms with Crippen molar-refractivity contribution in [1.29, 1.82) is 0 Å². The van der Waals surface area contributed by atoms with Gasteiger partial charge in [0.2, 0.25) is 0 Å². The highest BCUT2D eigenvalue weighted by Crippen LogP contribution is 2.14. The fraction of sp³-hybridized carbons (Fsp3) is 0.200. The molecule has 0 bridgehead atoms. The van der Waals surface area contributed by atoms with E-state index in [2.05, 4.69) is 28.7 Å². The summed E-state index contributed by atoms with van der Waals surface area (Å²) in [5.41, 5.74) is 3.83. The van der Waals surface area contributed by atoms with Gasteiger partial charge in [0, 0.05) is 30.2 Å². The minimum atomic E-state index is -0.0932. The molecule has 0 unspecified atom stereocenters. The number of imidazole rings is 1. The first-order chi connectivity index (χ1) is 12.2. The van der Waals surface area contributed by atoms with E-state index in [-0.39, 0.29) is 5.91 Å². The first kappa shape index (κ1) is 17.3. The van der Waals surface area contributed by atoms with E-state index in [0.29, 0.717) is 12.1 Å². The second-order valence-electron chi connectivity index (χ2n) is 5.83. The summed E-state index contributed by atoms with van der Waals surface area (Å²) < 4.78 is 1.98. The van der Waals surface area contributed by atoms with Gasteiger partial charge in [0.1, 0.15) is 0 Å². The van der Waals surface area contributed by atoms with Crippen LogP contribution >= 0.6 is 11.8 Å². The number of carbonyl (C=O) groups excluding carboxylic acids is 1. The molecule has 1 aromatic heterocycles. The van der Waals surface area contributed by atoms with Crippen LogP contribution in [-0.4, -0.2) is 27.5 Å². The maximum Gasteiger partial charge on any atom is 0.255 e. The Bertz CT molecular complexity index is 813. The van der Waals surface area contributed by atoms with Crippen molar-refractivity contribution >= 4 is 23.4 Å². The number of nitrogens with one attached hydrogen (secondary N) is 1. The van der Waals surface area contributed by atoms with Gasteiger partial charge in [-0.25, -0.2) is 4.98 Å². The number of aromatic nitrogens is 2. The number of rotatable bonds is 7. The maximum atomic E-state index is 12.5. The molecule has 3 aromatic rings. The fourth-order valence-corrected chi connectivity index (χ4v) is 3.02. The van der Waals surface area contributed by atoms with Crippen LogP contribution in [0.15, 0.2) is 67.3 Å². The predicted octanol–water partition coefficient (Wildman–Crippen LogP) is 4.09. The number of thioether (sulfide) groups is 1. The van der Waals surface area contributed by atoms with Crippen LogP contribution in [-0.2, 0) is 13.0 Å². The van der Waals surface area contributed by atoms with Crippen molar-refractivity contribution in [3.05, 3.63) is 83.9 Å². The summed E-state index contributed by atoms with van der Waals surface area (Å²) >= 11 is 1.84. The summed E-state index contributed by atoms with van der Waals surface area (Å²) in [6.45, 7) is 0.700. The predicted molar refractivity (Wildman–Crippen MR) is 104 cm³/mol. The molecule has 1 N–H and O–H groups in total. The van der Waals surface area contributed by atoms with Crippen LogP contribution in [0.3, 0.4) is 0 Å². The van der Waals surface area contributed by atoms with Crippen molar-refractivity contribution in [2.24, 2.45) is 0 Å². The van der Waals surface area contributed by atoms with Crippen LogP contribution in [0.1, 0.15) is 21.5 Å². The third kappa shape index (κ3) is 4.97. The highest BCUT2D eigenvalue weighted by atomic mass is 32.2. The van der Waals surface area contributed by atoms with Gasteiger partial charge in [0.05, 0.1) is 6.33 Å². The molecule has 0 spiro atoms. The third-order valence-electron chi connectivity index (χ3n) is 3.92. The highest BCUT2D eigenvalue weighted by molar-refractivity contribution is 7.98. The van der Waals surface area contributed by atoms with Gasteiger partial charge in [-0.15, -0.1) is 0 Å². The van der Waals surface area contributed by atoms with E-state index in [1.807, 2.05) is 58.9 Å². The number of benzene rings is 2. The molecule has 2 aromatic carbocycles. The largest absolute Gasteiger partial charge is 0.333 e. The van der Waals surface area contributed by atoms with Crippen LogP contribution in [0.25, 0.3) is 0 Å². The Balaban J connectivity index is 1.64. The molecule has 3 rings (SSSR count). The molecule has 1 heterocycles. The molecule has 0 saturated heterocycles. The minimum absolute atomic E-state index is 0.0932. The monoisotopic (exact) mass is 351 g/mol. The van der Waals surface area contributed by atoms with Gasteiger partial charge >= 0.3 is 0 Å². The lowest BCUT2D eigenvalue weighted by Gasteiger charge is -2.08. The lowest BCUT2D eigenvalue weighted by molar-refractivity contribution is 0.102. The number of hydrogen-bond donors (Lipinski definition) is 1. The molecular formula is C20H21N3OS. The van der Waals surface area contributed by atoms with E-state index in [4.69, 9.17) is 0 Å². The molecule has 0 fully saturated rings. The Hall–Kier alpha value is -2.53. The summed E-state index contributed by atoms with van der Waals surface area (Å²) in [4.78, 5) is 16.5. The quantitative estimate of drug-likeness (QED) is 0.697. The lowest BCUT2D eigenvalue weighted by atomic mass is 10.1. The Morgan fingerprint density at radius 2 is 2.00 bits per heavy atom. The topological polar surface area (TPSA) is 46.9 Å². The van der Waals surface area contributed by atoms with Crippen LogP contribution in [0.5, 0.6) is 0 Å². The van der Waals surface area contributed by atoms with Crippen LogP contribution in [0, 0.1) is 0 Å². The van der Waals surface area contributed by atoms with Gasteiger partial charge in [0.25, 0.3) is 5.91 Å². The van der Waals surface area contributed by atoms with E-state index >= 15 is 0 Å². The standard InChI is InChI=1S/C20H21N3OS/c1-25-12-9-16-5-7-19(8-6-16)22-20(24)18-4-2-3-17(13-18)14-23-11-10-21-15-23/h2-8,10-11,13,15H,9,12,14H2,1H3,(H,22,24). The van der Waals surface area contributed by atoms with Crippen molar-refractivity contribution in [2.75, 3.05) is 17.3 Å². The van der Waals surface area contributed by atoms with E-state index < -0.39 is 0 Å². The normalized spacial score (nSPS) is 10.6. The Morgan fingerprint density at radius 1 is 1.16 bits per heavy atom. The third-order valence-corrected chi connectivity index (χ3v) is 4.53. The van der Waals surface area contributed by atoms with Gasteiger partial charge in [-0.1, -0.05) is 24.3 Å². The Kier molecular flexibility index (Phi) is 5.90. The average Bonchev–Trinajstić information content (AvgIpc) is 3.14. The minimum Gasteiger partial charge on any atom is -0.333 e. The van der Waals surface area contributed by atoms with Crippen molar-refractivity contribution in [3.63, 3.8) is 0 Å². The van der Waals surface area contributed by atoms with E-state index in [9.17, 15) is 4.79 Å². The first-order valence-electron chi connectivity index (χ1n) is 8.18. The van der Waals surface area contributed by atoms with Gasteiger partial charge in [-0.3, -0.25) is 4.79 Å². The number of hydrogen-bond acceptors (Lipinski definition) is 3. The first-order valence-corrected chi connectivity index (χ1v) is 9.58. The molecule has 25 heavy (non-hydrogen) atoms. The maximum absolute atomic E-state index is 12.5. The Morgan fingerprint density at radius 3 is 2.72 bits per heavy atom. The van der Waals surface area contributed by atoms with E-state index in [1.165, 1.54) is 5.56 Å². The molecule has 0 atom stereocenters. The molecular weight excluding hydrogens is 330 g/mol. The zero-order valence-electron chi connectivity index (χ0n) is 14.2. The molecule has 0 aliphatic carbocycles. The van der Waals surface area contributed by atoms with Crippen molar-refractivity contribution in [3.8, 4) is 0 Å². The average molecular weight is 351 g/mol. The summed E-state index contributed by atoms with van der Waals surface area (Å²) in [7, 11) is 0. The van der Waals surface area contributed by atoms with Crippen LogP contribution in [0.4, 0.5) is 5.69 Å². The summed E-state index contributed by atoms with van der Waals surface area (Å²) in [5, 5.41) is 2.96. The molecule has 1 amide bonds. The molecule has 0 saturated carbocycles. The molecule has 5 heteroatoms. The zero-order chi connectivity index (χ0) is 17.5.